The van der Waals surface area contributed by atoms with Crippen LogP contribution in [0.4, 0.5) is 0 Å². The fourth-order valence-electron chi connectivity index (χ4n) is 1.47. The van der Waals surface area contributed by atoms with Gasteiger partial charge in [0.2, 0.25) is 0 Å². The van der Waals surface area contributed by atoms with Crippen LogP contribution in [-0.4, -0.2) is 36.7 Å². The average Bonchev–Trinajstić information content (AvgIpc) is 2.45. The molecule has 0 saturated heterocycles. The van der Waals surface area contributed by atoms with E-state index in [1.165, 1.54) is 0 Å². The van der Waals surface area contributed by atoms with Crippen LogP contribution in [-0.2, 0) is 17.1 Å². The van der Waals surface area contributed by atoms with E-state index in [1.807, 2.05) is 24.3 Å². The molecule has 0 heterocycles. The van der Waals surface area contributed by atoms with Crippen molar-refractivity contribution >= 4 is 12.4 Å². The predicted octanol–water partition coefficient (Wildman–Crippen LogP) is 2.88. The van der Waals surface area contributed by atoms with Gasteiger partial charge >= 0.3 is 0 Å². The topological polar surface area (TPSA) is 65.2 Å². The van der Waals surface area contributed by atoms with Gasteiger partial charge in [0.15, 0.2) is 0 Å². The molecule has 0 aliphatic carbocycles. The van der Waals surface area contributed by atoms with Gasteiger partial charge < -0.3 is 10.2 Å². The third-order valence-corrected chi connectivity index (χ3v) is 2.41. The summed E-state index contributed by atoms with van der Waals surface area (Å²) >= 11 is 0. The van der Waals surface area contributed by atoms with E-state index in [0.717, 1.165) is 11.1 Å². The van der Waals surface area contributed by atoms with Crippen LogP contribution in [0.5, 0.6) is 11.5 Å². The smallest absolute Gasteiger partial charge is 0.124 e. The predicted molar refractivity (Wildman–Crippen MR) is 83.2 cm³/mol. The third kappa shape index (κ3) is 6.75. The van der Waals surface area contributed by atoms with Crippen LogP contribution in [0.1, 0.15) is 11.1 Å². The van der Waals surface area contributed by atoms with Crippen molar-refractivity contribution in [2.75, 3.05) is 14.1 Å². The van der Waals surface area contributed by atoms with E-state index in [1.54, 1.807) is 50.8 Å². The summed E-state index contributed by atoms with van der Waals surface area (Å²) in [5.74, 6) is 0.543. The van der Waals surface area contributed by atoms with E-state index >= 15 is 0 Å². The number of rotatable bonds is 2. The van der Waals surface area contributed by atoms with Crippen LogP contribution in [0.15, 0.2) is 58.5 Å². The van der Waals surface area contributed by atoms with E-state index in [9.17, 15) is 0 Å². The van der Waals surface area contributed by atoms with Crippen molar-refractivity contribution in [2.24, 2.45) is 9.98 Å². The summed E-state index contributed by atoms with van der Waals surface area (Å²) in [7, 11) is 3.35. The van der Waals surface area contributed by atoms with Crippen molar-refractivity contribution in [1.29, 1.82) is 0 Å². The summed E-state index contributed by atoms with van der Waals surface area (Å²) in [6.07, 6.45) is 3.24. The van der Waals surface area contributed by atoms with Crippen molar-refractivity contribution in [2.45, 2.75) is 0 Å². The number of aliphatic imine (C=N–C) groups is 2. The Labute approximate surface area is 135 Å². The van der Waals surface area contributed by atoms with Crippen molar-refractivity contribution in [3.8, 4) is 11.5 Å². The summed E-state index contributed by atoms with van der Waals surface area (Å²) in [5.41, 5.74) is 1.51. The van der Waals surface area contributed by atoms with Crippen LogP contribution in [0, 0.1) is 0 Å². The number of aromatic hydroxyl groups is 2. The monoisotopic (exact) mass is 333 g/mol. The van der Waals surface area contributed by atoms with Gasteiger partial charge in [0.05, 0.1) is 0 Å². The van der Waals surface area contributed by atoms with E-state index < -0.39 is 0 Å². The fraction of sp³-hybridized carbons (Fsp3) is 0.125. The number of benzene rings is 2. The molecule has 2 rings (SSSR count). The molecule has 0 fully saturated rings. The van der Waals surface area contributed by atoms with Crippen molar-refractivity contribution < 1.29 is 27.3 Å². The molecule has 0 bridgehead atoms. The van der Waals surface area contributed by atoms with Gasteiger partial charge in [0.1, 0.15) is 11.5 Å². The van der Waals surface area contributed by atoms with Gasteiger partial charge in [0.25, 0.3) is 0 Å². The van der Waals surface area contributed by atoms with Crippen molar-refractivity contribution in [3.05, 3.63) is 59.7 Å². The first-order chi connectivity index (χ1) is 9.69. The Morgan fingerprint density at radius 3 is 1.33 bits per heavy atom. The number of para-hydroxylation sites is 2. The molecule has 2 N–H and O–H groups in total. The number of nitrogens with zero attached hydrogens (tertiary/aromatic N) is 2. The molecule has 4 nitrogen and oxygen atoms in total. The maximum absolute atomic E-state index is 9.15. The van der Waals surface area contributed by atoms with Crippen LogP contribution in [0.3, 0.4) is 0 Å². The van der Waals surface area contributed by atoms with Gasteiger partial charge in [-0.3, -0.25) is 9.98 Å². The second-order valence-corrected chi connectivity index (χ2v) is 3.89. The Morgan fingerprint density at radius 2 is 1.05 bits per heavy atom. The Morgan fingerprint density at radius 1 is 0.714 bits per heavy atom. The molecular weight excluding hydrogens is 316 g/mol. The Hall–Kier alpha value is -2.10. The molecule has 2 aromatic rings. The van der Waals surface area contributed by atoms with Gasteiger partial charge in [-0.25, -0.2) is 0 Å². The molecule has 21 heavy (non-hydrogen) atoms. The molecule has 0 aliphatic heterocycles. The Bertz CT molecular complexity index is 545. The molecule has 1 radical (unpaired) electrons. The summed E-state index contributed by atoms with van der Waals surface area (Å²) in [5, 5.41) is 18.3. The minimum absolute atomic E-state index is 0. The Kier molecular flexibility index (Phi) is 9.59. The summed E-state index contributed by atoms with van der Waals surface area (Å²) in [6.45, 7) is 0. The van der Waals surface area contributed by atoms with E-state index in [0.29, 0.717) is 0 Å². The van der Waals surface area contributed by atoms with E-state index in [2.05, 4.69) is 9.98 Å². The first-order valence-corrected chi connectivity index (χ1v) is 6.09. The maximum Gasteiger partial charge on any atom is 0.124 e. The second kappa shape index (κ2) is 10.7. The molecule has 2 aromatic carbocycles. The van der Waals surface area contributed by atoms with Crippen LogP contribution < -0.4 is 0 Å². The van der Waals surface area contributed by atoms with Gasteiger partial charge in [-0.05, 0) is 24.3 Å². The minimum Gasteiger partial charge on any atom is -0.507 e. The van der Waals surface area contributed by atoms with E-state index in [-0.39, 0.29) is 28.6 Å². The zero-order valence-electron chi connectivity index (χ0n) is 11.9. The van der Waals surface area contributed by atoms with Crippen molar-refractivity contribution in [1.82, 2.24) is 0 Å². The second-order valence-electron chi connectivity index (χ2n) is 3.89. The number of phenols is 2. The SMILES string of the molecule is CN=Cc1ccccc1O.CN=Cc1ccccc1O.[Cu]. The van der Waals surface area contributed by atoms with Gasteiger partial charge in [0, 0.05) is 54.7 Å². The standard InChI is InChI=1S/2C8H9NO.Cu/c2*1-9-6-7-4-2-3-5-8(7)10;/h2*2-6,10H,1H3;. The maximum atomic E-state index is 9.15. The normalized spacial score (nSPS) is 10.0. The number of hydrogen-bond donors (Lipinski definition) is 2. The van der Waals surface area contributed by atoms with E-state index in [4.69, 9.17) is 10.2 Å². The Balaban J connectivity index is 0.000000364. The van der Waals surface area contributed by atoms with Gasteiger partial charge in [-0.2, -0.15) is 0 Å². The van der Waals surface area contributed by atoms with Gasteiger partial charge in [-0.1, -0.05) is 24.3 Å². The van der Waals surface area contributed by atoms with Crippen LogP contribution >= 0.6 is 0 Å². The fourth-order valence-corrected chi connectivity index (χ4v) is 1.47. The summed E-state index contributed by atoms with van der Waals surface area (Å²) in [6, 6.07) is 14.2. The third-order valence-electron chi connectivity index (χ3n) is 2.41. The molecule has 0 saturated carbocycles. The van der Waals surface area contributed by atoms with Crippen molar-refractivity contribution in [3.63, 3.8) is 0 Å². The van der Waals surface area contributed by atoms with Gasteiger partial charge in [-0.15, -0.1) is 0 Å². The zero-order chi connectivity index (χ0) is 14.8. The van der Waals surface area contributed by atoms with Crippen LogP contribution in [0.2, 0.25) is 0 Å². The zero-order valence-corrected chi connectivity index (χ0v) is 12.8. The first kappa shape index (κ1) is 18.9. The molecule has 0 spiro atoms. The molecule has 115 valence electrons. The molecule has 0 aliphatic rings. The average molecular weight is 334 g/mol. The quantitative estimate of drug-likeness (QED) is 0.655. The molecule has 0 aromatic heterocycles. The van der Waals surface area contributed by atoms with Crippen LogP contribution in [0.25, 0.3) is 0 Å². The number of phenolic OH excluding ortho intramolecular Hbond substituents is 2. The molecule has 0 atom stereocenters. The minimum atomic E-state index is 0. The number of hydrogen-bond acceptors (Lipinski definition) is 4. The largest absolute Gasteiger partial charge is 0.507 e. The summed E-state index contributed by atoms with van der Waals surface area (Å²) < 4.78 is 0. The molecule has 0 unspecified atom stereocenters. The molecular formula is C16H18CuN2O2. The molecule has 0 amide bonds. The first-order valence-electron chi connectivity index (χ1n) is 6.09. The molecule has 5 heteroatoms. The summed E-state index contributed by atoms with van der Waals surface area (Å²) in [4.78, 5) is 7.56.